The molecule has 1 aliphatic carbocycles. The Balaban J connectivity index is 1.27. The Hall–Kier alpha value is -4.82. The molecule has 6 rings (SSSR count). The molecule has 52 heavy (non-hydrogen) atoms. The Morgan fingerprint density at radius 2 is 0.942 bits per heavy atom. The Kier molecular flexibility index (Phi) is 12.2. The van der Waals surface area contributed by atoms with Gasteiger partial charge >= 0.3 is 0 Å². The molecule has 0 radical (unpaired) electrons. The number of anilines is 5. The van der Waals surface area contributed by atoms with Crippen molar-refractivity contribution in [2.24, 2.45) is 17.3 Å². The topological polar surface area (TPSA) is 6.48 Å². The van der Waals surface area contributed by atoms with Crippen molar-refractivity contribution in [1.82, 2.24) is 0 Å². The first-order chi connectivity index (χ1) is 25.2. The van der Waals surface area contributed by atoms with Crippen molar-refractivity contribution >= 4 is 28.4 Å². The molecule has 1 aliphatic rings. The fraction of sp³-hybridized carbons (Fsp3) is 0.320. The highest BCUT2D eigenvalue weighted by Gasteiger charge is 2.25. The van der Waals surface area contributed by atoms with Crippen LogP contribution in [-0.2, 0) is 12.8 Å². The molecule has 0 N–H and O–H groups in total. The monoisotopic (exact) mass is 686 g/mol. The normalized spacial score (nSPS) is 15.7. The fourth-order valence-corrected chi connectivity index (χ4v) is 7.42. The number of para-hydroxylation sites is 1. The molecular formula is C50H58N2. The maximum Gasteiger partial charge on any atom is 0.0462 e. The quantitative estimate of drug-likeness (QED) is 0.115. The second-order valence-corrected chi connectivity index (χ2v) is 15.9. The van der Waals surface area contributed by atoms with Gasteiger partial charge in [0.2, 0.25) is 0 Å². The van der Waals surface area contributed by atoms with Crippen molar-refractivity contribution < 1.29 is 0 Å². The molecule has 0 saturated carbocycles. The molecule has 2 unspecified atom stereocenters. The van der Waals surface area contributed by atoms with Gasteiger partial charge in [0.1, 0.15) is 0 Å². The zero-order valence-corrected chi connectivity index (χ0v) is 32.4. The van der Waals surface area contributed by atoms with Crippen LogP contribution in [0.15, 0.2) is 151 Å². The number of benzene rings is 5. The highest BCUT2D eigenvalue weighted by molar-refractivity contribution is 5.79. The van der Waals surface area contributed by atoms with Crippen molar-refractivity contribution in [3.8, 4) is 11.1 Å². The van der Waals surface area contributed by atoms with Gasteiger partial charge in [-0.3, -0.25) is 0 Å². The van der Waals surface area contributed by atoms with Crippen molar-refractivity contribution in [2.75, 3.05) is 9.80 Å². The third-order valence-electron chi connectivity index (χ3n) is 10.4. The van der Waals surface area contributed by atoms with E-state index in [-0.39, 0.29) is 0 Å². The molecule has 0 saturated heterocycles. The van der Waals surface area contributed by atoms with Crippen LogP contribution in [0.4, 0.5) is 28.4 Å². The molecule has 5 aromatic rings. The van der Waals surface area contributed by atoms with Crippen molar-refractivity contribution in [1.29, 1.82) is 0 Å². The lowest BCUT2D eigenvalue weighted by atomic mass is 9.77. The minimum absolute atomic E-state index is 0.302. The second kappa shape index (κ2) is 17.1. The van der Waals surface area contributed by atoms with Gasteiger partial charge in [-0.05, 0) is 138 Å². The molecule has 0 aromatic heterocycles. The van der Waals surface area contributed by atoms with E-state index in [0.717, 1.165) is 24.2 Å². The SMILES string of the molecule is CCCCc1ccc(N(C2=CC(C)C(CC(C)(C)C)C=C2)c2ccc(-c3ccc(N(c4ccccc4)c4ccc(CCCC)cc4)cc3)cc2)cc1. The Bertz CT molecular complexity index is 1890. The van der Waals surface area contributed by atoms with Crippen LogP contribution in [0.3, 0.4) is 0 Å². The average Bonchev–Trinajstić information content (AvgIpc) is 3.16. The second-order valence-electron chi connectivity index (χ2n) is 15.9. The van der Waals surface area contributed by atoms with Crippen LogP contribution >= 0.6 is 0 Å². The minimum Gasteiger partial charge on any atom is -0.311 e. The molecule has 2 atom stereocenters. The van der Waals surface area contributed by atoms with Gasteiger partial charge < -0.3 is 9.80 Å². The van der Waals surface area contributed by atoms with E-state index < -0.39 is 0 Å². The number of hydrogen-bond acceptors (Lipinski definition) is 2. The molecule has 0 spiro atoms. The molecule has 2 heteroatoms. The van der Waals surface area contributed by atoms with Crippen LogP contribution in [0.25, 0.3) is 11.1 Å². The Labute approximate surface area is 314 Å². The van der Waals surface area contributed by atoms with Crippen LogP contribution in [0.5, 0.6) is 0 Å². The van der Waals surface area contributed by atoms with E-state index in [9.17, 15) is 0 Å². The van der Waals surface area contributed by atoms with Gasteiger partial charge in [-0.2, -0.15) is 0 Å². The van der Waals surface area contributed by atoms with Gasteiger partial charge in [0, 0.05) is 34.1 Å². The first-order valence-corrected chi connectivity index (χ1v) is 19.7. The smallest absolute Gasteiger partial charge is 0.0462 e. The van der Waals surface area contributed by atoms with E-state index >= 15 is 0 Å². The number of aryl methyl sites for hydroxylation is 2. The van der Waals surface area contributed by atoms with Gasteiger partial charge in [-0.15, -0.1) is 0 Å². The predicted molar refractivity (Wildman–Crippen MR) is 226 cm³/mol. The zero-order chi connectivity index (χ0) is 36.5. The molecule has 2 nitrogen and oxygen atoms in total. The van der Waals surface area contributed by atoms with Gasteiger partial charge in [-0.25, -0.2) is 0 Å². The van der Waals surface area contributed by atoms with E-state index in [1.165, 1.54) is 77.1 Å². The van der Waals surface area contributed by atoms with Crippen molar-refractivity contribution in [3.05, 3.63) is 162 Å². The lowest BCUT2D eigenvalue weighted by Crippen LogP contribution is -2.23. The number of hydrogen-bond donors (Lipinski definition) is 0. The van der Waals surface area contributed by atoms with E-state index in [0.29, 0.717) is 17.3 Å². The van der Waals surface area contributed by atoms with Gasteiger partial charge in [-0.1, -0.05) is 133 Å². The maximum absolute atomic E-state index is 2.48. The molecule has 0 bridgehead atoms. The number of rotatable bonds is 14. The average molecular weight is 687 g/mol. The van der Waals surface area contributed by atoms with Gasteiger partial charge in [0.15, 0.2) is 0 Å². The minimum atomic E-state index is 0.302. The molecule has 0 amide bonds. The van der Waals surface area contributed by atoms with E-state index in [2.05, 4.69) is 197 Å². The van der Waals surface area contributed by atoms with Crippen molar-refractivity contribution in [3.63, 3.8) is 0 Å². The predicted octanol–water partition coefficient (Wildman–Crippen LogP) is 14.8. The summed E-state index contributed by atoms with van der Waals surface area (Å²) in [6.07, 6.45) is 15.6. The lowest BCUT2D eigenvalue weighted by Gasteiger charge is -2.33. The summed E-state index contributed by atoms with van der Waals surface area (Å²) in [7, 11) is 0. The zero-order valence-electron chi connectivity index (χ0n) is 32.4. The largest absolute Gasteiger partial charge is 0.311 e. The summed E-state index contributed by atoms with van der Waals surface area (Å²) >= 11 is 0. The summed E-state index contributed by atoms with van der Waals surface area (Å²) in [6.45, 7) is 13.9. The number of unbranched alkanes of at least 4 members (excludes halogenated alkanes) is 2. The van der Waals surface area contributed by atoms with Gasteiger partial charge in [0.25, 0.3) is 0 Å². The summed E-state index contributed by atoms with van der Waals surface area (Å²) in [5, 5.41) is 0. The van der Waals surface area contributed by atoms with Crippen LogP contribution in [-0.4, -0.2) is 0 Å². The fourth-order valence-electron chi connectivity index (χ4n) is 7.42. The Morgan fingerprint density at radius 3 is 1.37 bits per heavy atom. The summed E-state index contributed by atoms with van der Waals surface area (Å²) in [5.41, 5.74) is 12.6. The van der Waals surface area contributed by atoms with Crippen LogP contribution < -0.4 is 9.80 Å². The van der Waals surface area contributed by atoms with Gasteiger partial charge in [0.05, 0.1) is 0 Å². The highest BCUT2D eigenvalue weighted by Crippen LogP contribution is 2.40. The molecular weight excluding hydrogens is 629 g/mol. The third kappa shape index (κ3) is 9.34. The molecule has 0 aliphatic heterocycles. The molecule has 5 aromatic carbocycles. The summed E-state index contributed by atoms with van der Waals surface area (Å²) in [5.74, 6) is 1.02. The number of allylic oxidation sites excluding steroid dienone is 3. The van der Waals surface area contributed by atoms with Crippen molar-refractivity contribution in [2.45, 2.75) is 86.5 Å². The summed E-state index contributed by atoms with van der Waals surface area (Å²) in [6, 6.07) is 47.1. The highest BCUT2D eigenvalue weighted by atomic mass is 15.1. The van der Waals surface area contributed by atoms with E-state index in [1.54, 1.807) is 0 Å². The van der Waals surface area contributed by atoms with Crippen LogP contribution in [0.2, 0.25) is 0 Å². The van der Waals surface area contributed by atoms with Crippen LogP contribution in [0, 0.1) is 17.3 Å². The standard InChI is InChI=1S/C50H58N2/c1-7-9-14-39-18-27-45(28-19-39)51(44-16-12-11-13-17-44)47-31-22-41(23-32-47)42-24-33-48(34-25-42)52(46-29-20-40(21-30-46)15-10-8-2)49-35-26-43(38(3)36-49)37-50(4,5)6/h11-13,16-36,38,43H,7-10,14-15,37H2,1-6H3. The molecule has 0 fully saturated rings. The number of nitrogens with zero attached hydrogens (tertiary/aromatic N) is 2. The molecule has 268 valence electrons. The summed E-state index contributed by atoms with van der Waals surface area (Å²) in [4.78, 5) is 4.78. The summed E-state index contributed by atoms with van der Waals surface area (Å²) < 4.78 is 0. The van der Waals surface area contributed by atoms with E-state index in [4.69, 9.17) is 0 Å². The third-order valence-corrected chi connectivity index (χ3v) is 10.4. The molecule has 0 heterocycles. The first kappa shape index (κ1) is 37.0. The van der Waals surface area contributed by atoms with Crippen LogP contribution in [0.1, 0.15) is 84.8 Å². The van der Waals surface area contributed by atoms with E-state index in [1.807, 2.05) is 0 Å². The maximum atomic E-state index is 2.48. The Morgan fingerprint density at radius 1 is 0.519 bits per heavy atom. The lowest BCUT2D eigenvalue weighted by molar-refractivity contribution is 0.293. The first-order valence-electron chi connectivity index (χ1n) is 19.7.